The minimum atomic E-state index is -0.327. The lowest BCUT2D eigenvalue weighted by atomic mass is 10.2. The number of thiophene rings is 1. The molecule has 0 saturated heterocycles. The molecular formula is C15H10ClFN2OS. The number of rotatable bonds is 2. The maximum atomic E-state index is 13.2. The number of benzene rings is 2. The highest BCUT2D eigenvalue weighted by Gasteiger charge is 2.14. The fraction of sp³-hybridized carbons (Fsp3) is 0. The third-order valence-electron chi connectivity index (χ3n) is 2.99. The molecule has 3 aromatic rings. The molecule has 1 aromatic heterocycles. The Morgan fingerprint density at radius 3 is 2.81 bits per heavy atom. The third kappa shape index (κ3) is 2.70. The number of carbonyl (C=O) groups excluding carboxylic acids is 1. The number of para-hydroxylation sites is 1. The predicted molar refractivity (Wildman–Crippen MR) is 85.6 cm³/mol. The first-order valence-electron chi connectivity index (χ1n) is 6.09. The van der Waals surface area contributed by atoms with Crippen LogP contribution in [0.2, 0.25) is 5.02 Å². The van der Waals surface area contributed by atoms with Gasteiger partial charge in [-0.15, -0.1) is 11.3 Å². The van der Waals surface area contributed by atoms with Crippen LogP contribution in [0.1, 0.15) is 9.67 Å². The summed E-state index contributed by atoms with van der Waals surface area (Å²) in [4.78, 5) is 12.7. The summed E-state index contributed by atoms with van der Waals surface area (Å²) in [6.45, 7) is 0. The van der Waals surface area contributed by atoms with E-state index in [1.54, 1.807) is 30.3 Å². The molecule has 106 valence electrons. The zero-order valence-corrected chi connectivity index (χ0v) is 12.3. The van der Waals surface area contributed by atoms with Gasteiger partial charge in [-0.2, -0.15) is 0 Å². The van der Waals surface area contributed by atoms with Crippen LogP contribution in [0.15, 0.2) is 42.5 Å². The third-order valence-corrected chi connectivity index (χ3v) is 4.40. The van der Waals surface area contributed by atoms with Crippen molar-refractivity contribution in [2.24, 2.45) is 0 Å². The van der Waals surface area contributed by atoms with Crippen molar-refractivity contribution in [1.29, 1.82) is 0 Å². The van der Waals surface area contributed by atoms with Crippen molar-refractivity contribution < 1.29 is 9.18 Å². The number of nitrogen functional groups attached to an aromatic ring is 1. The van der Waals surface area contributed by atoms with E-state index >= 15 is 0 Å². The van der Waals surface area contributed by atoms with Gasteiger partial charge in [-0.05, 0) is 35.7 Å². The van der Waals surface area contributed by atoms with Gasteiger partial charge < -0.3 is 11.1 Å². The molecule has 6 heteroatoms. The number of nitrogens with one attached hydrogen (secondary N) is 1. The first kappa shape index (κ1) is 13.9. The van der Waals surface area contributed by atoms with E-state index in [2.05, 4.69) is 5.32 Å². The molecule has 0 aliphatic heterocycles. The fourth-order valence-corrected chi connectivity index (χ4v) is 3.18. The Balaban J connectivity index is 1.94. The van der Waals surface area contributed by atoms with E-state index in [1.807, 2.05) is 0 Å². The summed E-state index contributed by atoms with van der Waals surface area (Å²) >= 11 is 7.23. The van der Waals surface area contributed by atoms with Crippen LogP contribution >= 0.6 is 22.9 Å². The van der Waals surface area contributed by atoms with E-state index < -0.39 is 0 Å². The number of hydrogen-bond acceptors (Lipinski definition) is 3. The highest BCUT2D eigenvalue weighted by molar-refractivity contribution is 7.20. The maximum Gasteiger partial charge on any atom is 0.265 e. The molecule has 0 unspecified atom stereocenters. The lowest BCUT2D eigenvalue weighted by Crippen LogP contribution is -2.12. The Labute approximate surface area is 129 Å². The molecule has 21 heavy (non-hydrogen) atoms. The standard InChI is InChI=1S/C15H10ClFN2OS/c16-10-2-1-3-11(18)14(10)19-15(20)13-6-8-4-5-9(17)7-12(8)21-13/h1-7H,18H2,(H,19,20). The largest absolute Gasteiger partial charge is 0.397 e. The Morgan fingerprint density at radius 1 is 1.24 bits per heavy atom. The van der Waals surface area contributed by atoms with E-state index in [0.29, 0.717) is 26.0 Å². The molecule has 0 fully saturated rings. The number of hydrogen-bond donors (Lipinski definition) is 2. The van der Waals surface area contributed by atoms with Crippen molar-refractivity contribution in [3.05, 3.63) is 58.2 Å². The summed E-state index contributed by atoms with van der Waals surface area (Å²) in [6, 6.07) is 11.1. The van der Waals surface area contributed by atoms with Gasteiger partial charge in [0.15, 0.2) is 0 Å². The molecule has 2 aromatic carbocycles. The predicted octanol–water partition coefficient (Wildman–Crippen LogP) is 4.53. The molecule has 3 nitrogen and oxygen atoms in total. The van der Waals surface area contributed by atoms with Gasteiger partial charge in [0.2, 0.25) is 0 Å². The smallest absolute Gasteiger partial charge is 0.265 e. The van der Waals surface area contributed by atoms with Crippen molar-refractivity contribution in [2.45, 2.75) is 0 Å². The molecule has 1 amide bonds. The van der Waals surface area contributed by atoms with Crippen molar-refractivity contribution in [3.63, 3.8) is 0 Å². The van der Waals surface area contributed by atoms with Gasteiger partial charge in [0, 0.05) is 4.70 Å². The summed E-state index contributed by atoms with van der Waals surface area (Å²) in [6.07, 6.45) is 0. The fourth-order valence-electron chi connectivity index (χ4n) is 1.96. The van der Waals surface area contributed by atoms with Gasteiger partial charge in [0.25, 0.3) is 5.91 Å². The van der Waals surface area contributed by atoms with Crippen LogP contribution in [0.3, 0.4) is 0 Å². The van der Waals surface area contributed by atoms with Crippen LogP contribution in [-0.2, 0) is 0 Å². The van der Waals surface area contributed by atoms with Crippen LogP contribution in [0, 0.1) is 5.82 Å². The van der Waals surface area contributed by atoms with Crippen LogP contribution < -0.4 is 11.1 Å². The van der Waals surface area contributed by atoms with Gasteiger partial charge in [0.1, 0.15) is 5.82 Å². The molecule has 1 heterocycles. The Bertz CT molecular complexity index is 827. The van der Waals surface area contributed by atoms with Gasteiger partial charge in [-0.3, -0.25) is 4.79 Å². The molecule has 3 N–H and O–H groups in total. The lowest BCUT2D eigenvalue weighted by molar-refractivity contribution is 0.103. The molecule has 0 aliphatic rings. The minimum Gasteiger partial charge on any atom is -0.397 e. The second-order valence-electron chi connectivity index (χ2n) is 4.45. The molecule has 3 rings (SSSR count). The van der Waals surface area contributed by atoms with Crippen molar-refractivity contribution in [2.75, 3.05) is 11.1 Å². The number of amides is 1. The second-order valence-corrected chi connectivity index (χ2v) is 5.94. The maximum absolute atomic E-state index is 13.2. The number of carbonyl (C=O) groups is 1. The minimum absolute atomic E-state index is 0.323. The van der Waals surface area contributed by atoms with Gasteiger partial charge in [-0.25, -0.2) is 4.39 Å². The molecule has 0 aliphatic carbocycles. The first-order valence-corrected chi connectivity index (χ1v) is 7.28. The highest BCUT2D eigenvalue weighted by atomic mass is 35.5. The van der Waals surface area contributed by atoms with E-state index in [0.717, 1.165) is 5.39 Å². The second kappa shape index (κ2) is 5.35. The van der Waals surface area contributed by atoms with E-state index in [9.17, 15) is 9.18 Å². The molecular weight excluding hydrogens is 311 g/mol. The monoisotopic (exact) mass is 320 g/mol. The average molecular weight is 321 g/mol. The first-order chi connectivity index (χ1) is 10.0. The van der Waals surface area contributed by atoms with Crippen LogP contribution in [-0.4, -0.2) is 5.91 Å². The zero-order valence-electron chi connectivity index (χ0n) is 10.7. The van der Waals surface area contributed by atoms with Gasteiger partial charge in [0.05, 0.1) is 21.3 Å². The Hall–Kier alpha value is -2.11. The Kier molecular flexibility index (Phi) is 3.53. The van der Waals surface area contributed by atoms with Crippen molar-refractivity contribution in [1.82, 2.24) is 0 Å². The van der Waals surface area contributed by atoms with Crippen molar-refractivity contribution in [3.8, 4) is 0 Å². The SMILES string of the molecule is Nc1cccc(Cl)c1NC(=O)c1cc2ccc(F)cc2s1. The summed E-state index contributed by atoms with van der Waals surface area (Å²) in [5, 5.41) is 3.88. The number of halogens is 2. The normalized spacial score (nSPS) is 10.8. The number of fused-ring (bicyclic) bond motifs is 1. The summed E-state index contributed by atoms with van der Waals surface area (Å²) < 4.78 is 13.9. The van der Waals surface area contributed by atoms with E-state index in [-0.39, 0.29) is 11.7 Å². The topological polar surface area (TPSA) is 55.1 Å². The lowest BCUT2D eigenvalue weighted by Gasteiger charge is -2.08. The molecule has 0 saturated carbocycles. The van der Waals surface area contributed by atoms with Gasteiger partial charge >= 0.3 is 0 Å². The van der Waals surface area contributed by atoms with E-state index in [4.69, 9.17) is 17.3 Å². The number of anilines is 2. The molecule has 0 bridgehead atoms. The van der Waals surface area contributed by atoms with Gasteiger partial charge in [-0.1, -0.05) is 23.7 Å². The molecule has 0 radical (unpaired) electrons. The molecule has 0 atom stereocenters. The van der Waals surface area contributed by atoms with Crippen molar-refractivity contribution >= 4 is 50.3 Å². The Morgan fingerprint density at radius 2 is 2.05 bits per heavy atom. The number of nitrogens with two attached hydrogens (primary N) is 1. The molecule has 0 spiro atoms. The quantitative estimate of drug-likeness (QED) is 0.682. The average Bonchev–Trinajstić information content (AvgIpc) is 2.86. The summed E-state index contributed by atoms with van der Waals surface area (Å²) in [5.41, 5.74) is 6.57. The summed E-state index contributed by atoms with van der Waals surface area (Å²) in [5.74, 6) is -0.650. The van der Waals surface area contributed by atoms with Crippen LogP contribution in [0.5, 0.6) is 0 Å². The zero-order chi connectivity index (χ0) is 15.0. The van der Waals surface area contributed by atoms with Crippen LogP contribution in [0.4, 0.5) is 15.8 Å². The van der Waals surface area contributed by atoms with E-state index in [1.165, 1.54) is 23.5 Å². The summed E-state index contributed by atoms with van der Waals surface area (Å²) in [7, 11) is 0. The highest BCUT2D eigenvalue weighted by Crippen LogP contribution is 2.31. The van der Waals surface area contributed by atoms with Crippen LogP contribution in [0.25, 0.3) is 10.1 Å².